The van der Waals surface area contributed by atoms with Gasteiger partial charge >= 0.3 is 0 Å². The Bertz CT molecular complexity index is 1320. The molecule has 1 aliphatic heterocycles. The number of aromatic amines is 1. The molecule has 4 heterocycles. The number of methoxy groups -OCH3 is 1. The summed E-state index contributed by atoms with van der Waals surface area (Å²) in [6, 6.07) is 12.5. The lowest BCUT2D eigenvalue weighted by Crippen LogP contribution is -2.32. The van der Waals surface area contributed by atoms with Gasteiger partial charge in [-0.3, -0.25) is 9.59 Å². The normalized spacial score (nSPS) is 16.3. The van der Waals surface area contributed by atoms with Crippen LogP contribution in [0.4, 0.5) is 0 Å². The van der Waals surface area contributed by atoms with E-state index < -0.39 is 17.7 Å². The lowest BCUT2D eigenvalue weighted by Gasteiger charge is -2.25. The van der Waals surface area contributed by atoms with E-state index in [4.69, 9.17) is 4.74 Å². The molecule has 0 unspecified atom stereocenters. The number of hydrogen-bond donors (Lipinski definition) is 2. The number of Topliss-reactive ketones (excluding diaryl/α,β-unsaturated/α-hetero) is 1. The summed E-state index contributed by atoms with van der Waals surface area (Å²) in [4.78, 5) is 32.5. The molecule has 0 fully saturated rings. The molecule has 1 aromatic carbocycles. The SMILES string of the molecule is COc1ccc2[nH]cc(CCN3C(=O)C(O)=C(C(=O)c4cccs4)[C@H]3c3cccs3)c2c1. The number of ketones is 1. The van der Waals surface area contributed by atoms with Gasteiger partial charge in [-0.1, -0.05) is 12.1 Å². The van der Waals surface area contributed by atoms with Crippen molar-refractivity contribution in [2.24, 2.45) is 0 Å². The monoisotopic (exact) mass is 464 g/mol. The van der Waals surface area contributed by atoms with E-state index in [0.29, 0.717) is 17.8 Å². The van der Waals surface area contributed by atoms with Gasteiger partial charge in [-0.25, -0.2) is 0 Å². The fraction of sp³-hybridized carbons (Fsp3) is 0.167. The van der Waals surface area contributed by atoms with Gasteiger partial charge in [0.15, 0.2) is 5.76 Å². The Labute approximate surface area is 192 Å². The molecule has 8 heteroatoms. The van der Waals surface area contributed by atoms with E-state index in [-0.39, 0.29) is 11.4 Å². The number of hydrogen-bond acceptors (Lipinski definition) is 6. The highest BCUT2D eigenvalue weighted by molar-refractivity contribution is 7.12. The Balaban J connectivity index is 1.47. The smallest absolute Gasteiger partial charge is 0.290 e. The lowest BCUT2D eigenvalue weighted by molar-refractivity contribution is -0.129. The molecule has 1 amide bonds. The van der Waals surface area contributed by atoms with Crippen LogP contribution in [-0.4, -0.2) is 40.3 Å². The molecular formula is C24H20N2O4S2. The molecule has 162 valence electrons. The lowest BCUT2D eigenvalue weighted by atomic mass is 10.0. The van der Waals surface area contributed by atoms with Crippen LogP contribution in [0.3, 0.4) is 0 Å². The number of aliphatic hydroxyl groups is 1. The second kappa shape index (κ2) is 8.29. The van der Waals surface area contributed by atoms with Crippen molar-refractivity contribution < 1.29 is 19.4 Å². The van der Waals surface area contributed by atoms with Crippen LogP contribution in [0.25, 0.3) is 10.9 Å². The van der Waals surface area contributed by atoms with Crippen molar-refractivity contribution >= 4 is 45.3 Å². The van der Waals surface area contributed by atoms with E-state index >= 15 is 0 Å². The Hall–Kier alpha value is -3.36. The van der Waals surface area contributed by atoms with E-state index in [9.17, 15) is 14.7 Å². The summed E-state index contributed by atoms with van der Waals surface area (Å²) in [5.74, 6) is -0.512. The molecule has 0 saturated carbocycles. The van der Waals surface area contributed by atoms with Gasteiger partial charge in [0.05, 0.1) is 23.6 Å². The van der Waals surface area contributed by atoms with Crippen LogP contribution in [0.15, 0.2) is 70.8 Å². The van der Waals surface area contributed by atoms with Crippen LogP contribution in [-0.2, 0) is 11.2 Å². The van der Waals surface area contributed by atoms with Gasteiger partial charge in [0, 0.05) is 28.5 Å². The third-order valence-corrected chi connectivity index (χ3v) is 7.50. The van der Waals surface area contributed by atoms with Gasteiger partial charge in [-0.2, -0.15) is 0 Å². The number of rotatable bonds is 7. The molecule has 4 aromatic rings. The van der Waals surface area contributed by atoms with Crippen molar-refractivity contribution in [1.29, 1.82) is 0 Å². The van der Waals surface area contributed by atoms with Crippen molar-refractivity contribution in [2.45, 2.75) is 12.5 Å². The van der Waals surface area contributed by atoms with Crippen LogP contribution >= 0.6 is 22.7 Å². The number of benzene rings is 1. The highest BCUT2D eigenvalue weighted by Gasteiger charge is 2.44. The number of aromatic nitrogens is 1. The molecule has 32 heavy (non-hydrogen) atoms. The first-order valence-corrected chi connectivity index (χ1v) is 11.8. The van der Waals surface area contributed by atoms with E-state index in [2.05, 4.69) is 4.98 Å². The first kappa shape index (κ1) is 20.5. The number of carbonyl (C=O) groups excluding carboxylic acids is 2. The van der Waals surface area contributed by atoms with Crippen molar-refractivity contribution in [3.05, 3.63) is 86.1 Å². The fourth-order valence-electron chi connectivity index (χ4n) is 4.13. The molecule has 1 atom stereocenters. The van der Waals surface area contributed by atoms with Gasteiger partial charge in [0.1, 0.15) is 5.75 Å². The highest BCUT2D eigenvalue weighted by Crippen LogP contribution is 2.41. The maximum absolute atomic E-state index is 13.2. The van der Waals surface area contributed by atoms with Gasteiger partial charge in [0.2, 0.25) is 5.78 Å². The van der Waals surface area contributed by atoms with E-state index in [1.807, 2.05) is 47.3 Å². The number of nitrogens with one attached hydrogen (secondary N) is 1. The van der Waals surface area contributed by atoms with Crippen LogP contribution in [0.1, 0.15) is 26.2 Å². The number of thiophene rings is 2. The standard InChI is InChI=1S/C24H20N2O4S2/c1-30-15-6-7-17-16(12-15)14(13-25-17)8-9-26-21(18-4-2-10-31-18)20(23(28)24(26)29)22(27)19-5-3-11-32-19/h2-7,10-13,21,25,28H,8-9H2,1H3/t21-/m1/s1. The zero-order chi connectivity index (χ0) is 22.2. The molecule has 6 nitrogen and oxygen atoms in total. The van der Waals surface area contributed by atoms with Crippen molar-refractivity contribution in [2.75, 3.05) is 13.7 Å². The Kier molecular flexibility index (Phi) is 5.32. The maximum atomic E-state index is 13.2. The van der Waals surface area contributed by atoms with Gasteiger partial charge < -0.3 is 19.7 Å². The summed E-state index contributed by atoms with van der Waals surface area (Å²) >= 11 is 2.77. The predicted octanol–water partition coefficient (Wildman–Crippen LogP) is 5.12. The zero-order valence-corrected chi connectivity index (χ0v) is 18.8. The molecule has 5 rings (SSSR count). The van der Waals surface area contributed by atoms with Crippen molar-refractivity contribution in [3.8, 4) is 5.75 Å². The van der Waals surface area contributed by atoms with Gasteiger partial charge in [-0.15, -0.1) is 22.7 Å². The van der Waals surface area contributed by atoms with Gasteiger partial charge in [0.25, 0.3) is 5.91 Å². The Morgan fingerprint density at radius 1 is 1.19 bits per heavy atom. The van der Waals surface area contributed by atoms with Crippen LogP contribution in [0, 0.1) is 0 Å². The Morgan fingerprint density at radius 2 is 2.00 bits per heavy atom. The third-order valence-electron chi connectivity index (χ3n) is 5.70. The second-order valence-electron chi connectivity index (χ2n) is 7.46. The molecule has 0 radical (unpaired) electrons. The quantitative estimate of drug-likeness (QED) is 0.372. The molecule has 2 N–H and O–H groups in total. The first-order chi connectivity index (χ1) is 15.6. The second-order valence-corrected chi connectivity index (χ2v) is 9.39. The highest BCUT2D eigenvalue weighted by atomic mass is 32.1. The molecule has 0 aliphatic carbocycles. The largest absolute Gasteiger partial charge is 0.503 e. The summed E-state index contributed by atoms with van der Waals surface area (Å²) in [5.41, 5.74) is 2.17. The van der Waals surface area contributed by atoms with Crippen LogP contribution in [0.5, 0.6) is 5.75 Å². The Morgan fingerprint density at radius 3 is 2.72 bits per heavy atom. The predicted molar refractivity (Wildman–Crippen MR) is 126 cm³/mol. The number of nitrogens with zero attached hydrogens (tertiary/aromatic N) is 1. The maximum Gasteiger partial charge on any atom is 0.290 e. The average molecular weight is 465 g/mol. The first-order valence-electron chi connectivity index (χ1n) is 10.1. The average Bonchev–Trinajstić information content (AvgIpc) is 3.60. The van der Waals surface area contributed by atoms with Crippen LogP contribution in [0.2, 0.25) is 0 Å². The summed E-state index contributed by atoms with van der Waals surface area (Å²) in [6.07, 6.45) is 2.49. The van der Waals surface area contributed by atoms with E-state index in [1.54, 1.807) is 24.1 Å². The topological polar surface area (TPSA) is 82.6 Å². The minimum absolute atomic E-state index is 0.153. The molecule has 0 spiro atoms. The summed E-state index contributed by atoms with van der Waals surface area (Å²) < 4.78 is 5.34. The number of fused-ring (bicyclic) bond motifs is 1. The summed E-state index contributed by atoms with van der Waals surface area (Å²) in [6.45, 7) is 0.358. The van der Waals surface area contributed by atoms with Gasteiger partial charge in [-0.05, 0) is 53.1 Å². The third kappa shape index (κ3) is 3.41. The molecule has 3 aromatic heterocycles. The molecule has 0 saturated heterocycles. The molecule has 1 aliphatic rings. The van der Waals surface area contributed by atoms with Crippen LogP contribution < -0.4 is 4.74 Å². The minimum atomic E-state index is -0.600. The number of H-pyrrole nitrogens is 1. The number of carbonyl (C=O) groups is 2. The fourth-order valence-corrected chi connectivity index (χ4v) is 5.65. The van der Waals surface area contributed by atoms with E-state index in [1.165, 1.54) is 22.7 Å². The molecular weight excluding hydrogens is 444 g/mol. The van der Waals surface area contributed by atoms with Crippen molar-refractivity contribution in [3.63, 3.8) is 0 Å². The number of ether oxygens (including phenoxy) is 1. The summed E-state index contributed by atoms with van der Waals surface area (Å²) in [5, 5.41) is 15.5. The number of aliphatic hydroxyl groups excluding tert-OH is 1. The van der Waals surface area contributed by atoms with E-state index in [0.717, 1.165) is 27.1 Å². The summed E-state index contributed by atoms with van der Waals surface area (Å²) in [7, 11) is 1.63. The number of amides is 1. The molecule has 0 bridgehead atoms. The van der Waals surface area contributed by atoms with Crippen molar-refractivity contribution in [1.82, 2.24) is 9.88 Å². The minimum Gasteiger partial charge on any atom is -0.503 e. The zero-order valence-electron chi connectivity index (χ0n) is 17.2.